The maximum atomic E-state index is 5.77. The number of ether oxygens (including phenoxy) is 1. The Labute approximate surface area is 115 Å². The first-order chi connectivity index (χ1) is 8.67. The second-order valence-corrected chi connectivity index (χ2v) is 4.94. The van der Waals surface area contributed by atoms with Crippen LogP contribution in [0.5, 0.6) is 6.01 Å². The number of nitrogens with zero attached hydrogens (tertiary/aromatic N) is 2. The Morgan fingerprint density at radius 3 is 2.72 bits per heavy atom. The molecule has 0 fully saturated rings. The summed E-state index contributed by atoms with van der Waals surface area (Å²) < 4.78 is 5.71. The van der Waals surface area contributed by atoms with Gasteiger partial charge < -0.3 is 4.74 Å². The van der Waals surface area contributed by atoms with Gasteiger partial charge in [-0.1, -0.05) is 26.2 Å². The van der Waals surface area contributed by atoms with Gasteiger partial charge in [0.15, 0.2) is 0 Å². The first-order valence-electron chi connectivity index (χ1n) is 6.72. The number of aryl methyl sites for hydroxylation is 1. The van der Waals surface area contributed by atoms with Gasteiger partial charge in [-0.3, -0.25) is 0 Å². The molecular formula is C14H23ClN2O. The minimum absolute atomic E-state index is 0.170. The van der Waals surface area contributed by atoms with E-state index < -0.39 is 0 Å². The van der Waals surface area contributed by atoms with Gasteiger partial charge in [-0.05, 0) is 26.7 Å². The van der Waals surface area contributed by atoms with E-state index in [4.69, 9.17) is 16.3 Å². The molecule has 4 heteroatoms. The highest BCUT2D eigenvalue weighted by molar-refractivity contribution is 6.17. The Balaban J connectivity index is 2.39. The van der Waals surface area contributed by atoms with E-state index in [1.54, 1.807) is 6.20 Å². The van der Waals surface area contributed by atoms with Crippen molar-refractivity contribution in [3.8, 4) is 6.01 Å². The van der Waals surface area contributed by atoms with E-state index in [0.29, 0.717) is 11.9 Å². The molecule has 1 atom stereocenters. The van der Waals surface area contributed by atoms with Crippen LogP contribution in [-0.2, 0) is 5.88 Å². The summed E-state index contributed by atoms with van der Waals surface area (Å²) in [6.45, 7) is 6.22. The molecule has 1 unspecified atom stereocenters. The molecule has 18 heavy (non-hydrogen) atoms. The Bertz CT molecular complexity index is 358. The van der Waals surface area contributed by atoms with Gasteiger partial charge in [-0.25, -0.2) is 9.97 Å². The molecule has 1 aromatic heterocycles. The molecule has 0 aliphatic heterocycles. The van der Waals surface area contributed by atoms with Crippen LogP contribution in [-0.4, -0.2) is 16.1 Å². The van der Waals surface area contributed by atoms with Crippen molar-refractivity contribution < 1.29 is 4.74 Å². The molecule has 1 aromatic rings. The zero-order valence-corrected chi connectivity index (χ0v) is 12.3. The van der Waals surface area contributed by atoms with Crippen molar-refractivity contribution in [2.75, 3.05) is 0 Å². The van der Waals surface area contributed by atoms with Gasteiger partial charge in [0.25, 0.3) is 0 Å². The predicted molar refractivity (Wildman–Crippen MR) is 75.2 cm³/mol. The largest absolute Gasteiger partial charge is 0.460 e. The van der Waals surface area contributed by atoms with E-state index in [1.165, 1.54) is 25.7 Å². The van der Waals surface area contributed by atoms with Gasteiger partial charge in [0.05, 0.1) is 12.0 Å². The van der Waals surface area contributed by atoms with E-state index >= 15 is 0 Å². The van der Waals surface area contributed by atoms with Crippen LogP contribution >= 0.6 is 11.6 Å². The molecule has 0 bridgehead atoms. The molecule has 0 aliphatic carbocycles. The lowest BCUT2D eigenvalue weighted by atomic mass is 10.1. The van der Waals surface area contributed by atoms with Gasteiger partial charge in [0, 0.05) is 17.5 Å². The van der Waals surface area contributed by atoms with Crippen LogP contribution in [0.15, 0.2) is 6.20 Å². The van der Waals surface area contributed by atoms with E-state index in [9.17, 15) is 0 Å². The third-order valence-electron chi connectivity index (χ3n) is 2.97. The number of hydrogen-bond donors (Lipinski definition) is 0. The van der Waals surface area contributed by atoms with Crippen molar-refractivity contribution in [2.24, 2.45) is 0 Å². The van der Waals surface area contributed by atoms with E-state index in [0.717, 1.165) is 17.7 Å². The highest BCUT2D eigenvalue weighted by atomic mass is 35.5. The number of alkyl halides is 1. The summed E-state index contributed by atoms with van der Waals surface area (Å²) in [4.78, 5) is 8.49. The molecule has 0 N–H and O–H groups in total. The number of hydrogen-bond acceptors (Lipinski definition) is 3. The normalized spacial score (nSPS) is 12.4. The minimum atomic E-state index is 0.170. The van der Waals surface area contributed by atoms with Crippen LogP contribution in [0.4, 0.5) is 0 Å². The zero-order chi connectivity index (χ0) is 13.4. The quantitative estimate of drug-likeness (QED) is 0.523. The summed E-state index contributed by atoms with van der Waals surface area (Å²) >= 11 is 5.77. The van der Waals surface area contributed by atoms with Crippen molar-refractivity contribution >= 4 is 11.6 Å². The van der Waals surface area contributed by atoms with Crippen molar-refractivity contribution in [1.82, 2.24) is 9.97 Å². The standard InChI is InChI=1S/C14H23ClN2O/c1-4-5-6-7-8-11(2)18-14-16-10-13(9-15)12(3)17-14/h10-11H,4-9H2,1-3H3. The summed E-state index contributed by atoms with van der Waals surface area (Å²) in [7, 11) is 0. The summed E-state index contributed by atoms with van der Waals surface area (Å²) in [5.41, 5.74) is 1.85. The van der Waals surface area contributed by atoms with Crippen molar-refractivity contribution in [3.05, 3.63) is 17.5 Å². The molecule has 3 nitrogen and oxygen atoms in total. The molecule has 0 aromatic carbocycles. The number of halogens is 1. The zero-order valence-electron chi connectivity index (χ0n) is 11.6. The van der Waals surface area contributed by atoms with E-state index in [1.807, 2.05) is 6.92 Å². The molecule has 0 spiro atoms. The van der Waals surface area contributed by atoms with Gasteiger partial charge >= 0.3 is 6.01 Å². The van der Waals surface area contributed by atoms with E-state index in [2.05, 4.69) is 23.8 Å². The molecule has 0 amide bonds. The SMILES string of the molecule is CCCCCCC(C)Oc1ncc(CCl)c(C)n1. The lowest BCUT2D eigenvalue weighted by molar-refractivity contribution is 0.189. The maximum Gasteiger partial charge on any atom is 0.316 e. The first kappa shape index (κ1) is 15.2. The number of rotatable bonds is 8. The fourth-order valence-electron chi connectivity index (χ4n) is 1.76. The fraction of sp³-hybridized carbons (Fsp3) is 0.714. The molecule has 0 saturated carbocycles. The fourth-order valence-corrected chi connectivity index (χ4v) is 2.02. The van der Waals surface area contributed by atoms with Crippen LogP contribution in [0, 0.1) is 6.92 Å². The van der Waals surface area contributed by atoms with Crippen molar-refractivity contribution in [2.45, 2.75) is 64.9 Å². The Morgan fingerprint density at radius 1 is 1.33 bits per heavy atom. The average molecular weight is 271 g/mol. The Morgan fingerprint density at radius 2 is 2.11 bits per heavy atom. The summed E-state index contributed by atoms with van der Waals surface area (Å²) in [5.74, 6) is 0.443. The van der Waals surface area contributed by atoms with Crippen LogP contribution in [0.3, 0.4) is 0 Å². The van der Waals surface area contributed by atoms with Gasteiger partial charge in [0.2, 0.25) is 0 Å². The highest BCUT2D eigenvalue weighted by Gasteiger charge is 2.08. The summed E-state index contributed by atoms with van der Waals surface area (Å²) in [6, 6.07) is 0.462. The predicted octanol–water partition coefficient (Wildman–Crippen LogP) is 4.26. The van der Waals surface area contributed by atoms with Crippen LogP contribution in [0.25, 0.3) is 0 Å². The van der Waals surface area contributed by atoms with Crippen molar-refractivity contribution in [3.63, 3.8) is 0 Å². The second-order valence-electron chi connectivity index (χ2n) is 4.67. The monoisotopic (exact) mass is 270 g/mol. The molecule has 0 radical (unpaired) electrons. The smallest absolute Gasteiger partial charge is 0.316 e. The van der Waals surface area contributed by atoms with E-state index in [-0.39, 0.29) is 6.10 Å². The topological polar surface area (TPSA) is 35.0 Å². The molecule has 1 heterocycles. The number of aromatic nitrogens is 2. The minimum Gasteiger partial charge on any atom is -0.460 e. The number of unbranched alkanes of at least 4 members (excludes halogenated alkanes) is 3. The third-order valence-corrected chi connectivity index (χ3v) is 3.26. The van der Waals surface area contributed by atoms with Crippen LogP contribution in [0.1, 0.15) is 57.2 Å². The average Bonchev–Trinajstić information content (AvgIpc) is 2.35. The summed E-state index contributed by atoms with van der Waals surface area (Å²) in [6.07, 6.45) is 8.00. The summed E-state index contributed by atoms with van der Waals surface area (Å²) in [5, 5.41) is 0. The lowest BCUT2D eigenvalue weighted by Crippen LogP contribution is -2.14. The van der Waals surface area contributed by atoms with Crippen molar-refractivity contribution in [1.29, 1.82) is 0 Å². The molecule has 1 rings (SSSR count). The lowest BCUT2D eigenvalue weighted by Gasteiger charge is -2.13. The molecule has 102 valence electrons. The van der Waals surface area contributed by atoms with Crippen LogP contribution in [0.2, 0.25) is 0 Å². The second kappa shape index (κ2) is 8.30. The Kier molecular flexibility index (Phi) is 7.02. The Hall–Kier alpha value is -0.830. The molecular weight excluding hydrogens is 248 g/mol. The first-order valence-corrected chi connectivity index (χ1v) is 7.26. The van der Waals surface area contributed by atoms with Gasteiger partial charge in [-0.15, -0.1) is 11.6 Å². The van der Waals surface area contributed by atoms with Gasteiger partial charge in [0.1, 0.15) is 0 Å². The van der Waals surface area contributed by atoms with Crippen LogP contribution < -0.4 is 4.74 Å². The molecule has 0 aliphatic rings. The maximum absolute atomic E-state index is 5.77. The molecule has 0 saturated heterocycles. The highest BCUT2D eigenvalue weighted by Crippen LogP contribution is 2.14. The third kappa shape index (κ3) is 5.21. The van der Waals surface area contributed by atoms with Gasteiger partial charge in [-0.2, -0.15) is 0 Å².